The fourth-order valence-corrected chi connectivity index (χ4v) is 3.53. The van der Waals surface area contributed by atoms with Gasteiger partial charge >= 0.3 is 0 Å². The van der Waals surface area contributed by atoms with Gasteiger partial charge in [-0.25, -0.2) is 9.97 Å². The van der Waals surface area contributed by atoms with Gasteiger partial charge in [-0.1, -0.05) is 18.2 Å². The topological polar surface area (TPSA) is 99.3 Å². The van der Waals surface area contributed by atoms with Crippen molar-refractivity contribution >= 4 is 28.4 Å². The molecule has 0 amide bonds. The Kier molecular flexibility index (Phi) is 6.34. The second-order valence-corrected chi connectivity index (χ2v) is 7.98. The molecule has 1 aromatic carbocycles. The molecule has 0 saturated carbocycles. The van der Waals surface area contributed by atoms with Gasteiger partial charge in [0.1, 0.15) is 11.3 Å². The van der Waals surface area contributed by atoms with E-state index in [1.807, 2.05) is 35.9 Å². The summed E-state index contributed by atoms with van der Waals surface area (Å²) in [6.45, 7) is 4.05. The Balaban J connectivity index is 1.71. The van der Waals surface area contributed by atoms with Gasteiger partial charge in [0.05, 0.1) is 30.4 Å². The molecule has 3 N–H and O–H groups in total. The molecule has 0 bridgehead atoms. The predicted molar refractivity (Wildman–Crippen MR) is 127 cm³/mol. The number of aromatic nitrogens is 4. The molecule has 0 spiro atoms. The van der Waals surface area contributed by atoms with Crippen LogP contribution < -0.4 is 10.2 Å². The van der Waals surface area contributed by atoms with Crippen LogP contribution in [0.4, 0.5) is 17.2 Å². The van der Waals surface area contributed by atoms with E-state index in [4.69, 9.17) is 10.1 Å². The van der Waals surface area contributed by atoms with Crippen molar-refractivity contribution in [1.29, 1.82) is 0 Å². The van der Waals surface area contributed by atoms with E-state index >= 15 is 0 Å². The van der Waals surface area contributed by atoms with Crippen LogP contribution in [0.3, 0.4) is 0 Å². The zero-order valence-electron chi connectivity index (χ0n) is 18.5. The third-order valence-corrected chi connectivity index (χ3v) is 5.37. The SMILES string of the molecule is CC(C)n1cnc2c(N(C)c3ccc(-c4ccccn4)cc3)cc(NC[C@H](O)CO)nc21. The van der Waals surface area contributed by atoms with Crippen LogP contribution in [-0.2, 0) is 0 Å². The van der Waals surface area contributed by atoms with E-state index in [1.54, 1.807) is 12.5 Å². The lowest BCUT2D eigenvalue weighted by atomic mass is 10.1. The highest BCUT2D eigenvalue weighted by Crippen LogP contribution is 2.33. The summed E-state index contributed by atoms with van der Waals surface area (Å²) < 4.78 is 2.02. The van der Waals surface area contributed by atoms with Gasteiger partial charge in [-0.3, -0.25) is 4.98 Å². The molecule has 0 saturated heterocycles. The molecule has 0 aliphatic carbocycles. The summed E-state index contributed by atoms with van der Waals surface area (Å²) in [5.74, 6) is 0.611. The lowest BCUT2D eigenvalue weighted by molar-refractivity contribution is 0.105. The summed E-state index contributed by atoms with van der Waals surface area (Å²) >= 11 is 0. The summed E-state index contributed by atoms with van der Waals surface area (Å²) in [6, 6.07) is 16.2. The zero-order valence-corrected chi connectivity index (χ0v) is 18.5. The Morgan fingerprint density at radius 2 is 1.88 bits per heavy atom. The number of imidazole rings is 1. The molecule has 0 radical (unpaired) electrons. The van der Waals surface area contributed by atoms with Crippen molar-refractivity contribution in [3.63, 3.8) is 0 Å². The average Bonchev–Trinajstić information content (AvgIpc) is 3.26. The second-order valence-electron chi connectivity index (χ2n) is 7.98. The van der Waals surface area contributed by atoms with Crippen LogP contribution in [-0.4, -0.2) is 56.0 Å². The van der Waals surface area contributed by atoms with Crippen molar-refractivity contribution in [2.45, 2.75) is 26.0 Å². The normalized spacial score (nSPS) is 12.3. The number of rotatable bonds is 8. The summed E-state index contributed by atoms with van der Waals surface area (Å²) in [4.78, 5) is 15.8. The van der Waals surface area contributed by atoms with Crippen LogP contribution in [0.15, 0.2) is 61.1 Å². The van der Waals surface area contributed by atoms with Crippen LogP contribution in [0.25, 0.3) is 22.4 Å². The number of anilines is 3. The fourth-order valence-electron chi connectivity index (χ4n) is 3.53. The van der Waals surface area contributed by atoms with E-state index in [1.165, 1.54) is 0 Å². The maximum absolute atomic E-state index is 9.74. The molecule has 8 nitrogen and oxygen atoms in total. The number of benzene rings is 1. The van der Waals surface area contributed by atoms with Gasteiger partial charge < -0.3 is 25.0 Å². The summed E-state index contributed by atoms with van der Waals surface area (Å²) in [7, 11) is 1.99. The first-order valence-electron chi connectivity index (χ1n) is 10.6. The maximum atomic E-state index is 9.74. The molecule has 0 unspecified atom stereocenters. The van der Waals surface area contributed by atoms with Crippen molar-refractivity contribution in [2.24, 2.45) is 0 Å². The molecule has 32 heavy (non-hydrogen) atoms. The third-order valence-electron chi connectivity index (χ3n) is 5.37. The highest BCUT2D eigenvalue weighted by Gasteiger charge is 2.17. The van der Waals surface area contributed by atoms with Gasteiger partial charge in [0.25, 0.3) is 0 Å². The van der Waals surface area contributed by atoms with Gasteiger partial charge in [-0.15, -0.1) is 0 Å². The van der Waals surface area contributed by atoms with E-state index in [-0.39, 0.29) is 19.2 Å². The molecule has 4 aromatic rings. The molecule has 166 valence electrons. The second kappa shape index (κ2) is 9.33. The molecule has 4 rings (SSSR count). The lowest BCUT2D eigenvalue weighted by Crippen LogP contribution is -2.23. The highest BCUT2D eigenvalue weighted by atomic mass is 16.3. The fraction of sp³-hybridized carbons (Fsp3) is 0.292. The number of aliphatic hydroxyl groups excluding tert-OH is 2. The van der Waals surface area contributed by atoms with E-state index in [2.05, 4.69) is 58.3 Å². The van der Waals surface area contributed by atoms with Crippen molar-refractivity contribution in [1.82, 2.24) is 19.5 Å². The molecule has 0 aliphatic heterocycles. The molecule has 3 heterocycles. The minimum Gasteiger partial charge on any atom is -0.394 e. The first-order valence-corrected chi connectivity index (χ1v) is 10.6. The zero-order chi connectivity index (χ0) is 22.7. The molecule has 1 atom stereocenters. The minimum atomic E-state index is -0.858. The van der Waals surface area contributed by atoms with Crippen molar-refractivity contribution in [2.75, 3.05) is 30.4 Å². The van der Waals surface area contributed by atoms with Gasteiger partial charge in [0.2, 0.25) is 0 Å². The standard InChI is InChI=1S/C24H28N6O2/c1-16(2)30-15-27-23-21(12-22(28-24(23)30)26-13-19(32)14-31)29(3)18-9-7-17(8-10-18)20-6-4-5-11-25-20/h4-12,15-16,19,31-32H,13-14H2,1-3H3,(H,26,28)/t19-/m0/s1. The lowest BCUT2D eigenvalue weighted by Gasteiger charge is -2.22. The summed E-state index contributed by atoms with van der Waals surface area (Å²) in [6.07, 6.45) is 2.73. The smallest absolute Gasteiger partial charge is 0.164 e. The van der Waals surface area contributed by atoms with Gasteiger partial charge in [0, 0.05) is 43.1 Å². The maximum Gasteiger partial charge on any atom is 0.164 e. The Morgan fingerprint density at radius 3 is 2.53 bits per heavy atom. The van der Waals surface area contributed by atoms with E-state index in [9.17, 15) is 5.11 Å². The van der Waals surface area contributed by atoms with Gasteiger partial charge in [0.15, 0.2) is 5.65 Å². The molecular weight excluding hydrogens is 404 g/mol. The average molecular weight is 433 g/mol. The third kappa shape index (κ3) is 4.42. The molecule has 8 heteroatoms. The minimum absolute atomic E-state index is 0.196. The number of pyridine rings is 2. The number of hydrogen-bond donors (Lipinski definition) is 3. The Bertz CT molecular complexity index is 1170. The molecular formula is C24H28N6O2. The quantitative estimate of drug-likeness (QED) is 0.391. The van der Waals surface area contributed by atoms with Crippen molar-refractivity contribution < 1.29 is 10.2 Å². The van der Waals surface area contributed by atoms with Crippen LogP contribution in [0.5, 0.6) is 0 Å². The highest BCUT2D eigenvalue weighted by molar-refractivity contribution is 5.91. The van der Waals surface area contributed by atoms with E-state index in [0.717, 1.165) is 33.8 Å². The van der Waals surface area contributed by atoms with E-state index < -0.39 is 6.10 Å². The Labute approximate surface area is 187 Å². The van der Waals surface area contributed by atoms with Crippen LogP contribution in [0, 0.1) is 0 Å². The summed E-state index contributed by atoms with van der Waals surface area (Å²) in [5.41, 5.74) is 5.42. The summed E-state index contributed by atoms with van der Waals surface area (Å²) in [5, 5.41) is 22.0. The first kappa shape index (κ1) is 21.7. The van der Waals surface area contributed by atoms with Gasteiger partial charge in [-0.05, 0) is 38.1 Å². The molecule has 0 aliphatic rings. The molecule has 3 aromatic heterocycles. The largest absolute Gasteiger partial charge is 0.394 e. The Hall–Kier alpha value is -3.49. The Morgan fingerprint density at radius 1 is 1.09 bits per heavy atom. The van der Waals surface area contributed by atoms with Crippen molar-refractivity contribution in [3.8, 4) is 11.3 Å². The van der Waals surface area contributed by atoms with E-state index in [0.29, 0.717) is 5.82 Å². The van der Waals surface area contributed by atoms with Crippen LogP contribution in [0.2, 0.25) is 0 Å². The first-order chi connectivity index (χ1) is 15.5. The van der Waals surface area contributed by atoms with Crippen molar-refractivity contribution in [3.05, 3.63) is 61.1 Å². The number of nitrogens with one attached hydrogen (secondary N) is 1. The molecule has 0 fully saturated rings. The van der Waals surface area contributed by atoms with Crippen LogP contribution >= 0.6 is 0 Å². The van der Waals surface area contributed by atoms with Gasteiger partial charge in [-0.2, -0.15) is 0 Å². The monoisotopic (exact) mass is 432 g/mol. The predicted octanol–water partition coefficient (Wildman–Crippen LogP) is 3.61. The van der Waals surface area contributed by atoms with Crippen LogP contribution in [0.1, 0.15) is 19.9 Å². The number of aliphatic hydroxyl groups is 2. The number of fused-ring (bicyclic) bond motifs is 1. The number of nitrogens with zero attached hydrogens (tertiary/aromatic N) is 5. The number of hydrogen-bond acceptors (Lipinski definition) is 7.